The zero-order chi connectivity index (χ0) is 16.5. The Morgan fingerprint density at radius 1 is 1.00 bits per heavy atom. The molecule has 0 saturated carbocycles. The highest BCUT2D eigenvalue weighted by molar-refractivity contribution is 5.31. The summed E-state index contributed by atoms with van der Waals surface area (Å²) in [6.07, 6.45) is -9.91. The van der Waals surface area contributed by atoms with Crippen LogP contribution in [0.1, 0.15) is 17.2 Å². The van der Waals surface area contributed by atoms with Crippen LogP contribution in [0.25, 0.3) is 0 Å². The van der Waals surface area contributed by atoms with E-state index in [4.69, 9.17) is 0 Å². The van der Waals surface area contributed by atoms with E-state index < -0.39 is 35.3 Å². The Morgan fingerprint density at radius 2 is 1.59 bits per heavy atom. The summed E-state index contributed by atoms with van der Waals surface area (Å²) in [5, 5.41) is 2.84. The number of benzene rings is 1. The Kier molecular flexibility index (Phi) is 4.67. The van der Waals surface area contributed by atoms with Gasteiger partial charge in [0, 0.05) is 31.7 Å². The van der Waals surface area contributed by atoms with Gasteiger partial charge in [-0.15, -0.1) is 0 Å². The molecule has 1 atom stereocenters. The number of alkyl halides is 6. The molecule has 124 valence electrons. The van der Waals surface area contributed by atoms with Gasteiger partial charge in [0.1, 0.15) is 11.9 Å². The van der Waals surface area contributed by atoms with Crippen LogP contribution in [0, 0.1) is 5.82 Å². The van der Waals surface area contributed by atoms with Gasteiger partial charge in [0.15, 0.2) is 0 Å². The Hall–Kier alpha value is -1.35. The van der Waals surface area contributed by atoms with E-state index in [1.54, 1.807) is 0 Å². The number of nitrogens with one attached hydrogen (secondary N) is 1. The van der Waals surface area contributed by atoms with Gasteiger partial charge in [0.25, 0.3) is 0 Å². The van der Waals surface area contributed by atoms with Crippen molar-refractivity contribution >= 4 is 0 Å². The largest absolute Gasteiger partial charge is 0.419 e. The second-order valence-electron chi connectivity index (χ2n) is 4.94. The minimum Gasteiger partial charge on any atom is -0.314 e. The van der Waals surface area contributed by atoms with Crippen molar-refractivity contribution in [1.29, 1.82) is 0 Å². The van der Waals surface area contributed by atoms with E-state index >= 15 is 0 Å². The lowest BCUT2D eigenvalue weighted by molar-refractivity contribution is -0.189. The minimum absolute atomic E-state index is 0.0279. The predicted molar refractivity (Wildman–Crippen MR) is 64.6 cm³/mol. The number of rotatable bonds is 2. The fraction of sp³-hybridized carbons (Fsp3) is 0.538. The van der Waals surface area contributed by atoms with Crippen LogP contribution < -0.4 is 5.32 Å². The molecular formula is C13H13F7N2. The summed E-state index contributed by atoms with van der Waals surface area (Å²) < 4.78 is 92.0. The third-order valence-electron chi connectivity index (χ3n) is 3.46. The molecule has 0 aromatic heterocycles. The molecular weight excluding hydrogens is 317 g/mol. The average molecular weight is 330 g/mol. The Morgan fingerprint density at radius 3 is 2.09 bits per heavy atom. The average Bonchev–Trinajstić information content (AvgIpc) is 2.39. The van der Waals surface area contributed by atoms with E-state index in [-0.39, 0.29) is 26.2 Å². The van der Waals surface area contributed by atoms with Crippen molar-refractivity contribution in [3.05, 3.63) is 35.1 Å². The molecule has 0 bridgehead atoms. The van der Waals surface area contributed by atoms with Crippen molar-refractivity contribution in [1.82, 2.24) is 10.2 Å². The van der Waals surface area contributed by atoms with Crippen LogP contribution in [0.4, 0.5) is 30.7 Å². The van der Waals surface area contributed by atoms with E-state index in [1.807, 2.05) is 0 Å². The lowest BCUT2D eigenvalue weighted by Crippen LogP contribution is -2.49. The third-order valence-corrected chi connectivity index (χ3v) is 3.46. The van der Waals surface area contributed by atoms with Gasteiger partial charge in [-0.05, 0) is 6.07 Å². The second-order valence-corrected chi connectivity index (χ2v) is 4.94. The van der Waals surface area contributed by atoms with Crippen LogP contribution in [0.15, 0.2) is 18.2 Å². The molecule has 0 aliphatic carbocycles. The first-order valence-corrected chi connectivity index (χ1v) is 6.49. The maximum absolute atomic E-state index is 14.0. The molecule has 1 saturated heterocycles. The molecule has 1 fully saturated rings. The van der Waals surface area contributed by atoms with Crippen molar-refractivity contribution in [2.24, 2.45) is 0 Å². The van der Waals surface area contributed by atoms with Gasteiger partial charge in [0.2, 0.25) is 0 Å². The lowest BCUT2D eigenvalue weighted by Gasteiger charge is -2.36. The number of hydrogen-bond acceptors (Lipinski definition) is 2. The summed E-state index contributed by atoms with van der Waals surface area (Å²) in [4.78, 5) is 0.940. The molecule has 2 nitrogen and oxygen atoms in total. The van der Waals surface area contributed by atoms with Crippen molar-refractivity contribution in [3.63, 3.8) is 0 Å². The Balaban J connectivity index is 2.48. The van der Waals surface area contributed by atoms with E-state index in [0.29, 0.717) is 6.07 Å². The van der Waals surface area contributed by atoms with Crippen molar-refractivity contribution in [3.8, 4) is 0 Å². The SMILES string of the molecule is Fc1c([C@@H](N2CCNCC2)C(F)(F)F)cccc1C(F)(F)F. The molecule has 0 amide bonds. The summed E-state index contributed by atoms with van der Waals surface area (Å²) in [6, 6.07) is -0.409. The summed E-state index contributed by atoms with van der Waals surface area (Å²) in [5.74, 6) is -1.86. The molecule has 1 aliphatic rings. The fourth-order valence-electron chi connectivity index (χ4n) is 2.50. The van der Waals surface area contributed by atoms with Crippen LogP contribution in [0.3, 0.4) is 0 Å². The maximum Gasteiger partial charge on any atom is 0.419 e. The van der Waals surface area contributed by atoms with Crippen LogP contribution in [0.5, 0.6) is 0 Å². The molecule has 1 N–H and O–H groups in total. The maximum atomic E-state index is 14.0. The molecule has 1 heterocycles. The lowest BCUT2D eigenvalue weighted by atomic mass is 10.00. The molecule has 1 aromatic rings. The zero-order valence-electron chi connectivity index (χ0n) is 11.2. The van der Waals surface area contributed by atoms with Crippen LogP contribution in [-0.2, 0) is 6.18 Å². The first-order chi connectivity index (χ1) is 10.1. The van der Waals surface area contributed by atoms with Crippen LogP contribution in [0.2, 0.25) is 0 Å². The molecule has 2 rings (SSSR count). The second kappa shape index (κ2) is 6.04. The first-order valence-electron chi connectivity index (χ1n) is 6.49. The van der Waals surface area contributed by atoms with Gasteiger partial charge >= 0.3 is 12.4 Å². The summed E-state index contributed by atoms with van der Waals surface area (Å²) in [5.41, 5.74) is -2.68. The smallest absolute Gasteiger partial charge is 0.314 e. The molecule has 0 unspecified atom stereocenters. The highest BCUT2D eigenvalue weighted by Crippen LogP contribution is 2.41. The molecule has 0 spiro atoms. The summed E-state index contributed by atoms with van der Waals surface area (Å²) in [6.45, 7) is 0.458. The van der Waals surface area contributed by atoms with Crippen LogP contribution in [-0.4, -0.2) is 37.3 Å². The fourth-order valence-corrected chi connectivity index (χ4v) is 2.50. The third kappa shape index (κ3) is 3.52. The van der Waals surface area contributed by atoms with E-state index in [2.05, 4.69) is 5.32 Å². The Labute approximate surface area is 121 Å². The molecule has 1 aliphatic heterocycles. The van der Waals surface area contributed by atoms with Gasteiger partial charge in [-0.2, -0.15) is 26.3 Å². The van der Waals surface area contributed by atoms with E-state index in [9.17, 15) is 30.7 Å². The monoisotopic (exact) mass is 330 g/mol. The van der Waals surface area contributed by atoms with Gasteiger partial charge in [-0.1, -0.05) is 12.1 Å². The number of hydrogen-bond donors (Lipinski definition) is 1. The van der Waals surface area contributed by atoms with E-state index in [1.165, 1.54) is 0 Å². The van der Waals surface area contributed by atoms with Crippen molar-refractivity contribution in [2.75, 3.05) is 26.2 Å². The predicted octanol–water partition coefficient (Wildman–Crippen LogP) is 3.35. The van der Waals surface area contributed by atoms with Crippen molar-refractivity contribution in [2.45, 2.75) is 18.4 Å². The highest BCUT2D eigenvalue weighted by atomic mass is 19.4. The normalized spacial score (nSPS) is 19.2. The quantitative estimate of drug-likeness (QED) is 0.837. The van der Waals surface area contributed by atoms with E-state index in [0.717, 1.165) is 17.0 Å². The van der Waals surface area contributed by atoms with Crippen molar-refractivity contribution < 1.29 is 30.7 Å². The van der Waals surface area contributed by atoms with Gasteiger partial charge < -0.3 is 5.32 Å². The molecule has 9 heteroatoms. The Bertz CT molecular complexity index is 518. The molecule has 0 radical (unpaired) electrons. The molecule has 1 aromatic carbocycles. The summed E-state index contributed by atoms with van der Waals surface area (Å²) >= 11 is 0. The first kappa shape index (κ1) is 17.0. The van der Waals surface area contributed by atoms with Crippen LogP contribution >= 0.6 is 0 Å². The van der Waals surface area contributed by atoms with Gasteiger partial charge in [0.05, 0.1) is 5.56 Å². The standard InChI is InChI=1S/C13H13F7N2/c14-10-8(2-1-3-9(10)12(15,16)17)11(13(18,19)20)22-6-4-21-5-7-22/h1-3,11,21H,4-7H2/t11-/m1/s1. The topological polar surface area (TPSA) is 15.3 Å². The number of halogens is 7. The highest BCUT2D eigenvalue weighted by Gasteiger charge is 2.47. The number of nitrogens with zero attached hydrogens (tertiary/aromatic N) is 1. The minimum atomic E-state index is -5.04. The number of piperazine rings is 1. The van der Waals surface area contributed by atoms with Gasteiger partial charge in [-0.3, -0.25) is 4.90 Å². The molecule has 22 heavy (non-hydrogen) atoms. The van der Waals surface area contributed by atoms with Gasteiger partial charge in [-0.25, -0.2) is 4.39 Å². The zero-order valence-corrected chi connectivity index (χ0v) is 11.2. The summed E-state index contributed by atoms with van der Waals surface area (Å²) in [7, 11) is 0.